The van der Waals surface area contributed by atoms with Crippen LogP contribution in [0.2, 0.25) is 0 Å². The third kappa shape index (κ3) is 5.46. The van der Waals surface area contributed by atoms with Crippen LogP contribution in [0.1, 0.15) is 37.8 Å². The van der Waals surface area contributed by atoms with Gasteiger partial charge in [0.05, 0.1) is 48.5 Å². The van der Waals surface area contributed by atoms with E-state index in [-0.39, 0.29) is 28.2 Å². The third-order valence-electron chi connectivity index (χ3n) is 6.02. The van der Waals surface area contributed by atoms with Crippen molar-refractivity contribution in [2.75, 3.05) is 20.8 Å². The summed E-state index contributed by atoms with van der Waals surface area (Å²) in [6.07, 6.45) is 1.23. The van der Waals surface area contributed by atoms with Gasteiger partial charge in [0.1, 0.15) is 22.0 Å². The smallest absolute Gasteiger partial charge is 0.338 e. The van der Waals surface area contributed by atoms with Gasteiger partial charge in [-0.15, -0.1) is 11.3 Å². The second-order valence-corrected chi connectivity index (χ2v) is 9.96. The molecule has 1 aromatic heterocycles. The number of esters is 2. The number of nitrogens with zero attached hydrogens (tertiary/aromatic N) is 1. The van der Waals surface area contributed by atoms with Crippen LogP contribution in [0.5, 0.6) is 11.5 Å². The number of carbonyl (C=O) groups excluding carboxylic acids is 2. The maximum absolute atomic E-state index is 13.7. The molecule has 1 aliphatic rings. The number of nitrogens with two attached hydrogens (primary N) is 1. The highest BCUT2D eigenvalue weighted by Gasteiger charge is 2.40. The average Bonchev–Trinajstić information content (AvgIpc) is 3.23. The lowest BCUT2D eigenvalue weighted by molar-refractivity contribution is -0.140. The van der Waals surface area contributed by atoms with E-state index < -0.39 is 29.5 Å². The minimum Gasteiger partial charge on any atom is -0.497 e. The van der Waals surface area contributed by atoms with Crippen LogP contribution in [0.3, 0.4) is 0 Å². The van der Waals surface area contributed by atoms with Gasteiger partial charge in [0.2, 0.25) is 0 Å². The van der Waals surface area contributed by atoms with Crippen LogP contribution in [0.25, 0.3) is 17.5 Å². The van der Waals surface area contributed by atoms with Crippen molar-refractivity contribution in [3.63, 3.8) is 0 Å². The van der Waals surface area contributed by atoms with Gasteiger partial charge in [0.15, 0.2) is 0 Å². The van der Waals surface area contributed by atoms with Crippen molar-refractivity contribution in [1.29, 1.82) is 0 Å². The van der Waals surface area contributed by atoms with Crippen molar-refractivity contribution in [2.24, 2.45) is 5.73 Å². The predicted octanol–water partition coefficient (Wildman–Crippen LogP) is 2.35. The zero-order valence-corrected chi connectivity index (χ0v) is 23.2. The van der Waals surface area contributed by atoms with Crippen molar-refractivity contribution in [2.45, 2.75) is 32.8 Å². The Labute approximate surface area is 229 Å². The van der Waals surface area contributed by atoms with E-state index in [2.05, 4.69) is 0 Å². The number of thiazole rings is 1. The first-order valence-corrected chi connectivity index (χ1v) is 13.2. The van der Waals surface area contributed by atoms with Gasteiger partial charge in [-0.05, 0) is 62.2 Å². The van der Waals surface area contributed by atoms with Crippen molar-refractivity contribution >= 4 is 40.7 Å². The van der Waals surface area contributed by atoms with Crippen LogP contribution >= 0.6 is 11.3 Å². The number of hydrogen-bond acceptors (Lipinski definition) is 9. The fraction of sp³-hybridized carbons (Fsp3) is 0.276. The topological polar surface area (TPSA) is 119 Å². The lowest BCUT2D eigenvalue weighted by Gasteiger charge is -2.27. The molecular weight excluding hydrogens is 520 g/mol. The molecule has 0 amide bonds. The number of carbonyl (C=O) groups is 2. The monoisotopic (exact) mass is 550 g/mol. The molecule has 1 aliphatic heterocycles. The fourth-order valence-corrected chi connectivity index (χ4v) is 5.53. The number of aromatic nitrogens is 1. The Bertz CT molecular complexity index is 1630. The number of methoxy groups -OCH3 is 2. The minimum atomic E-state index is -0.965. The van der Waals surface area contributed by atoms with Crippen LogP contribution in [-0.2, 0) is 19.1 Å². The lowest BCUT2D eigenvalue weighted by atomic mass is 9.83. The molecule has 0 saturated heterocycles. The van der Waals surface area contributed by atoms with Gasteiger partial charge < -0.3 is 24.7 Å². The molecule has 4 rings (SSSR count). The Morgan fingerprint density at radius 2 is 1.69 bits per heavy atom. The molecule has 39 heavy (non-hydrogen) atoms. The average molecular weight is 551 g/mol. The number of benzene rings is 2. The summed E-state index contributed by atoms with van der Waals surface area (Å²) in [4.78, 5) is 40.7. The maximum Gasteiger partial charge on any atom is 0.338 e. The Morgan fingerprint density at radius 3 is 2.33 bits per heavy atom. The Balaban J connectivity index is 2.11. The zero-order chi connectivity index (χ0) is 28.3. The summed E-state index contributed by atoms with van der Waals surface area (Å²) in [5.41, 5.74) is 7.44. The van der Waals surface area contributed by atoms with Gasteiger partial charge in [-0.3, -0.25) is 9.36 Å². The minimum absolute atomic E-state index is 0.0267. The largest absolute Gasteiger partial charge is 0.497 e. The SMILES string of the molecule is CCOC(=O)C1=C(N)n2c(s/c(=C\c3cccc(OC)c3)c2=O)=C(C(=O)OC(C)C)[C@H]1c1cccc(OC)c1. The van der Waals surface area contributed by atoms with E-state index in [0.717, 1.165) is 16.9 Å². The molecule has 3 aromatic rings. The molecule has 204 valence electrons. The highest BCUT2D eigenvalue weighted by atomic mass is 32.1. The van der Waals surface area contributed by atoms with Gasteiger partial charge in [-0.1, -0.05) is 24.3 Å². The first kappa shape index (κ1) is 27.7. The van der Waals surface area contributed by atoms with Gasteiger partial charge in [0, 0.05) is 0 Å². The van der Waals surface area contributed by atoms with E-state index in [9.17, 15) is 14.4 Å². The summed E-state index contributed by atoms with van der Waals surface area (Å²) in [7, 11) is 3.08. The predicted molar refractivity (Wildman–Crippen MR) is 149 cm³/mol. The number of hydrogen-bond donors (Lipinski definition) is 1. The van der Waals surface area contributed by atoms with E-state index in [1.807, 2.05) is 6.07 Å². The van der Waals surface area contributed by atoms with Crippen molar-refractivity contribution < 1.29 is 28.5 Å². The zero-order valence-electron chi connectivity index (χ0n) is 22.3. The van der Waals surface area contributed by atoms with Crippen LogP contribution in [0.15, 0.2) is 58.9 Å². The van der Waals surface area contributed by atoms with Crippen LogP contribution in [0.4, 0.5) is 0 Å². The quantitative estimate of drug-likeness (QED) is 0.425. The van der Waals surface area contributed by atoms with Crippen LogP contribution in [-0.4, -0.2) is 43.4 Å². The molecule has 0 fully saturated rings. The maximum atomic E-state index is 13.7. The molecule has 0 radical (unpaired) electrons. The summed E-state index contributed by atoms with van der Waals surface area (Å²) in [6, 6.07) is 14.2. The van der Waals surface area contributed by atoms with E-state index in [1.54, 1.807) is 76.4 Å². The van der Waals surface area contributed by atoms with E-state index in [1.165, 1.54) is 11.7 Å². The summed E-state index contributed by atoms with van der Waals surface area (Å²) < 4.78 is 23.4. The first-order chi connectivity index (χ1) is 18.7. The second-order valence-electron chi connectivity index (χ2n) is 8.93. The summed E-state index contributed by atoms with van der Waals surface area (Å²) in [5, 5.41) is 0. The summed E-state index contributed by atoms with van der Waals surface area (Å²) >= 11 is 1.09. The van der Waals surface area contributed by atoms with Crippen molar-refractivity contribution in [1.82, 2.24) is 4.57 Å². The fourth-order valence-electron chi connectivity index (χ4n) is 4.37. The summed E-state index contributed by atoms with van der Waals surface area (Å²) in [5.74, 6) is -1.33. The third-order valence-corrected chi connectivity index (χ3v) is 7.13. The van der Waals surface area contributed by atoms with Gasteiger partial charge in [-0.2, -0.15) is 0 Å². The number of fused-ring (bicyclic) bond motifs is 1. The Morgan fingerprint density at radius 1 is 1.03 bits per heavy atom. The van der Waals surface area contributed by atoms with E-state index >= 15 is 0 Å². The molecule has 0 unspecified atom stereocenters. The summed E-state index contributed by atoms with van der Waals surface area (Å²) in [6.45, 7) is 5.19. The number of ether oxygens (including phenoxy) is 4. The van der Waals surface area contributed by atoms with Crippen molar-refractivity contribution in [3.8, 4) is 11.5 Å². The van der Waals surface area contributed by atoms with Gasteiger partial charge >= 0.3 is 11.9 Å². The molecule has 0 bridgehead atoms. The standard InChI is InChI=1S/C29H30N2O7S/c1-6-37-28(33)23-22(18-10-8-12-20(15-18)36-5)24(29(34)38-16(2)3)27-31(25(23)30)26(32)21(39-27)14-17-9-7-11-19(13-17)35-4/h7-16,22H,6,30H2,1-5H3/b21-14-/t22-/m0/s1. The van der Waals surface area contributed by atoms with E-state index in [0.29, 0.717) is 21.6 Å². The molecular formula is C29H30N2O7S. The molecule has 9 nitrogen and oxygen atoms in total. The molecule has 0 spiro atoms. The molecule has 2 heterocycles. The van der Waals surface area contributed by atoms with Gasteiger partial charge in [0.25, 0.3) is 5.56 Å². The number of rotatable bonds is 8. The van der Waals surface area contributed by atoms with Gasteiger partial charge in [-0.25, -0.2) is 9.59 Å². The highest BCUT2D eigenvalue weighted by Crippen LogP contribution is 2.39. The second kappa shape index (κ2) is 11.6. The van der Waals surface area contributed by atoms with Crippen LogP contribution < -0.4 is 30.0 Å². The lowest BCUT2D eigenvalue weighted by Crippen LogP contribution is -2.42. The molecule has 0 aliphatic carbocycles. The Hall–Kier alpha value is -4.31. The highest BCUT2D eigenvalue weighted by molar-refractivity contribution is 7.07. The first-order valence-electron chi connectivity index (χ1n) is 12.3. The molecule has 2 aromatic carbocycles. The molecule has 1 atom stereocenters. The molecule has 2 N–H and O–H groups in total. The van der Waals surface area contributed by atoms with Crippen molar-refractivity contribution in [3.05, 3.63) is 84.8 Å². The molecule has 0 saturated carbocycles. The normalized spacial score (nSPS) is 15.3. The van der Waals surface area contributed by atoms with E-state index in [4.69, 9.17) is 24.7 Å². The Kier molecular flexibility index (Phi) is 8.25. The molecule has 10 heteroatoms. The van der Waals surface area contributed by atoms with Crippen LogP contribution in [0, 0.1) is 0 Å².